The van der Waals surface area contributed by atoms with Crippen molar-refractivity contribution in [1.29, 1.82) is 5.26 Å². The van der Waals surface area contributed by atoms with Gasteiger partial charge in [-0.25, -0.2) is 17.5 Å². The molecule has 0 heterocycles. The van der Waals surface area contributed by atoms with Gasteiger partial charge in [-0.3, -0.25) is 4.79 Å². The fraction of sp³-hybridized carbons (Fsp3) is 0.0667. The summed E-state index contributed by atoms with van der Waals surface area (Å²) >= 11 is 0. The quantitative estimate of drug-likeness (QED) is 0.868. The Morgan fingerprint density at radius 2 is 1.91 bits per heavy atom. The Morgan fingerprint density at radius 1 is 1.17 bits per heavy atom. The molecule has 0 radical (unpaired) electrons. The van der Waals surface area contributed by atoms with E-state index in [1.54, 1.807) is 0 Å². The first-order chi connectivity index (χ1) is 10.9. The van der Waals surface area contributed by atoms with Gasteiger partial charge in [-0.1, -0.05) is 12.1 Å². The van der Waals surface area contributed by atoms with Crippen LogP contribution in [-0.4, -0.2) is 20.9 Å². The number of amides is 1. The van der Waals surface area contributed by atoms with E-state index in [0.717, 1.165) is 6.07 Å². The van der Waals surface area contributed by atoms with Crippen LogP contribution in [-0.2, 0) is 14.8 Å². The van der Waals surface area contributed by atoms with E-state index < -0.39 is 28.3 Å². The van der Waals surface area contributed by atoms with Crippen LogP contribution >= 0.6 is 0 Å². The maximum absolute atomic E-state index is 13.0. The SMILES string of the molecule is N#Cc1cccc(S(=O)(=O)NCC(=O)Nc2cccc(F)c2)c1. The van der Waals surface area contributed by atoms with Crippen LogP contribution in [0.1, 0.15) is 5.56 Å². The van der Waals surface area contributed by atoms with Gasteiger partial charge in [0.05, 0.1) is 23.1 Å². The molecule has 0 aliphatic carbocycles. The van der Waals surface area contributed by atoms with Crippen LogP contribution in [0.4, 0.5) is 10.1 Å². The summed E-state index contributed by atoms with van der Waals surface area (Å²) in [6.07, 6.45) is 0. The van der Waals surface area contributed by atoms with Crippen LogP contribution in [0.3, 0.4) is 0 Å². The standard InChI is InChI=1S/C15H12FN3O3S/c16-12-4-2-5-13(8-12)19-15(20)10-18-23(21,22)14-6-1-3-11(7-14)9-17/h1-8,18H,10H2,(H,19,20). The second-order valence-corrected chi connectivity index (χ2v) is 6.29. The van der Waals surface area contributed by atoms with Crippen molar-refractivity contribution >= 4 is 21.6 Å². The summed E-state index contributed by atoms with van der Waals surface area (Å²) in [5, 5.41) is 11.1. The minimum absolute atomic E-state index is 0.116. The fourth-order valence-corrected chi connectivity index (χ4v) is 2.78. The first kappa shape index (κ1) is 16.6. The second-order valence-electron chi connectivity index (χ2n) is 4.52. The number of sulfonamides is 1. The Bertz CT molecular complexity index is 876. The van der Waals surface area contributed by atoms with Crippen molar-refractivity contribution in [2.24, 2.45) is 0 Å². The summed E-state index contributed by atoms with van der Waals surface area (Å²) in [4.78, 5) is 11.6. The largest absolute Gasteiger partial charge is 0.325 e. The fourth-order valence-electron chi connectivity index (χ4n) is 1.75. The highest BCUT2D eigenvalue weighted by atomic mass is 32.2. The Kier molecular flexibility index (Phi) is 5.05. The van der Waals surface area contributed by atoms with E-state index in [9.17, 15) is 17.6 Å². The summed E-state index contributed by atoms with van der Waals surface area (Å²) in [6, 6.07) is 12.5. The molecule has 2 aromatic carbocycles. The molecule has 8 heteroatoms. The van der Waals surface area contributed by atoms with Crippen molar-refractivity contribution in [2.45, 2.75) is 4.90 Å². The van der Waals surface area contributed by atoms with Crippen molar-refractivity contribution in [3.63, 3.8) is 0 Å². The average Bonchev–Trinajstić information content (AvgIpc) is 2.53. The number of nitrogens with one attached hydrogen (secondary N) is 2. The monoisotopic (exact) mass is 333 g/mol. The molecule has 2 aromatic rings. The lowest BCUT2D eigenvalue weighted by atomic mass is 10.2. The van der Waals surface area contributed by atoms with E-state index in [1.165, 1.54) is 42.5 Å². The zero-order valence-corrected chi connectivity index (χ0v) is 12.6. The molecule has 0 fully saturated rings. The first-order valence-corrected chi connectivity index (χ1v) is 7.94. The molecule has 0 saturated heterocycles. The molecule has 0 spiro atoms. The number of nitrogens with zero attached hydrogens (tertiary/aromatic N) is 1. The molecule has 0 unspecified atom stereocenters. The Balaban J connectivity index is 2.01. The number of hydrogen-bond acceptors (Lipinski definition) is 4. The number of carbonyl (C=O) groups is 1. The summed E-state index contributed by atoms with van der Waals surface area (Å²) < 4.78 is 39.2. The second kappa shape index (κ2) is 7.00. The molecule has 2 rings (SSSR count). The smallest absolute Gasteiger partial charge is 0.241 e. The number of nitriles is 1. The van der Waals surface area contributed by atoms with Crippen LogP contribution in [0, 0.1) is 17.1 Å². The molecule has 0 aromatic heterocycles. The van der Waals surface area contributed by atoms with Gasteiger partial charge in [0, 0.05) is 5.69 Å². The Labute approximate surface area is 132 Å². The minimum Gasteiger partial charge on any atom is -0.325 e. The van der Waals surface area contributed by atoms with Gasteiger partial charge >= 0.3 is 0 Å². The van der Waals surface area contributed by atoms with Gasteiger partial charge in [0.15, 0.2) is 0 Å². The van der Waals surface area contributed by atoms with Gasteiger partial charge in [0.1, 0.15) is 5.82 Å². The molecule has 0 atom stereocenters. The zero-order valence-electron chi connectivity index (χ0n) is 11.8. The van der Waals surface area contributed by atoms with Crippen LogP contribution in [0.5, 0.6) is 0 Å². The minimum atomic E-state index is -3.92. The summed E-state index contributed by atoms with van der Waals surface area (Å²) in [5.41, 5.74) is 0.415. The summed E-state index contributed by atoms with van der Waals surface area (Å²) in [6.45, 7) is -0.518. The summed E-state index contributed by atoms with van der Waals surface area (Å²) in [7, 11) is -3.92. The first-order valence-electron chi connectivity index (χ1n) is 6.46. The number of rotatable bonds is 5. The highest BCUT2D eigenvalue weighted by Crippen LogP contribution is 2.11. The van der Waals surface area contributed by atoms with Crippen molar-refractivity contribution in [3.05, 3.63) is 59.9 Å². The van der Waals surface area contributed by atoms with E-state index in [4.69, 9.17) is 5.26 Å². The number of hydrogen-bond donors (Lipinski definition) is 2. The third-order valence-electron chi connectivity index (χ3n) is 2.80. The highest BCUT2D eigenvalue weighted by Gasteiger charge is 2.16. The van der Waals surface area contributed by atoms with E-state index in [2.05, 4.69) is 10.0 Å². The van der Waals surface area contributed by atoms with Gasteiger partial charge in [0.25, 0.3) is 0 Å². The van der Waals surface area contributed by atoms with Crippen LogP contribution in [0.25, 0.3) is 0 Å². The molecular weight excluding hydrogens is 321 g/mol. The number of benzene rings is 2. The molecule has 6 nitrogen and oxygen atoms in total. The molecular formula is C15H12FN3O3S. The van der Waals surface area contributed by atoms with Gasteiger partial charge in [-0.15, -0.1) is 0 Å². The predicted octanol–water partition coefficient (Wildman–Crippen LogP) is 1.61. The van der Waals surface area contributed by atoms with Crippen LogP contribution in [0.15, 0.2) is 53.4 Å². The maximum atomic E-state index is 13.0. The lowest BCUT2D eigenvalue weighted by molar-refractivity contribution is -0.115. The van der Waals surface area contributed by atoms with Crippen LogP contribution in [0.2, 0.25) is 0 Å². The third-order valence-corrected chi connectivity index (χ3v) is 4.20. The predicted molar refractivity (Wildman–Crippen MR) is 81.4 cm³/mol. The van der Waals surface area contributed by atoms with Crippen molar-refractivity contribution < 1.29 is 17.6 Å². The van der Waals surface area contributed by atoms with Crippen LogP contribution < -0.4 is 10.0 Å². The van der Waals surface area contributed by atoms with Crippen molar-refractivity contribution in [1.82, 2.24) is 4.72 Å². The molecule has 1 amide bonds. The van der Waals surface area contributed by atoms with E-state index in [0.29, 0.717) is 0 Å². The number of halogens is 1. The number of carbonyl (C=O) groups excluding carboxylic acids is 1. The number of anilines is 1. The topological polar surface area (TPSA) is 99.1 Å². The van der Waals surface area contributed by atoms with Crippen molar-refractivity contribution in [3.8, 4) is 6.07 Å². The molecule has 0 aliphatic heterocycles. The van der Waals surface area contributed by atoms with E-state index >= 15 is 0 Å². The van der Waals surface area contributed by atoms with E-state index in [-0.39, 0.29) is 16.1 Å². The molecule has 2 N–H and O–H groups in total. The summed E-state index contributed by atoms with van der Waals surface area (Å²) in [5.74, 6) is -1.16. The molecule has 23 heavy (non-hydrogen) atoms. The molecule has 0 bridgehead atoms. The van der Waals surface area contributed by atoms with E-state index in [1.807, 2.05) is 6.07 Å². The lowest BCUT2D eigenvalue weighted by Gasteiger charge is -2.08. The maximum Gasteiger partial charge on any atom is 0.241 e. The van der Waals surface area contributed by atoms with Gasteiger partial charge in [-0.05, 0) is 36.4 Å². The normalized spacial score (nSPS) is 10.8. The molecule has 118 valence electrons. The third kappa shape index (κ3) is 4.60. The lowest BCUT2D eigenvalue weighted by Crippen LogP contribution is -2.32. The van der Waals surface area contributed by atoms with Gasteiger partial charge < -0.3 is 5.32 Å². The van der Waals surface area contributed by atoms with Gasteiger partial charge in [0.2, 0.25) is 15.9 Å². The average molecular weight is 333 g/mol. The highest BCUT2D eigenvalue weighted by molar-refractivity contribution is 7.89. The molecule has 0 saturated carbocycles. The Morgan fingerprint density at radius 3 is 2.61 bits per heavy atom. The van der Waals surface area contributed by atoms with Crippen molar-refractivity contribution in [2.75, 3.05) is 11.9 Å². The zero-order chi connectivity index (χ0) is 16.9. The van der Waals surface area contributed by atoms with Gasteiger partial charge in [-0.2, -0.15) is 5.26 Å². The Hall–Kier alpha value is -2.76. The molecule has 0 aliphatic rings.